The Morgan fingerprint density at radius 1 is 0.943 bits per heavy atom. The zero-order valence-electron chi connectivity index (χ0n) is 18.7. The normalized spacial score (nSPS) is 14.1. The number of hydrogen-bond donors (Lipinski definition) is 8. The summed E-state index contributed by atoms with van der Waals surface area (Å²) in [6, 6.07) is -5.84. The summed E-state index contributed by atoms with van der Waals surface area (Å²) in [6.07, 6.45) is 2.75. The Morgan fingerprint density at radius 2 is 1.49 bits per heavy atom. The topological polar surface area (TPSA) is 254 Å². The molecular weight excluding hydrogens is 488 g/mol. The van der Waals surface area contributed by atoms with Crippen LogP contribution in [0.3, 0.4) is 0 Å². The SMILES string of the molecule is CSCCC(N)C(=O)NC(CC(=O)O)C(=O)NC(Cc1cnc[nH]1)C(=O)NC(CC(=O)O)C(=O)O. The van der Waals surface area contributed by atoms with Crippen molar-refractivity contribution in [3.8, 4) is 0 Å². The summed E-state index contributed by atoms with van der Waals surface area (Å²) in [6.45, 7) is 0. The Kier molecular flexibility index (Phi) is 12.2. The Labute approximate surface area is 203 Å². The molecule has 4 unspecified atom stereocenters. The largest absolute Gasteiger partial charge is 0.481 e. The van der Waals surface area contributed by atoms with Crippen molar-refractivity contribution in [2.45, 2.75) is 49.9 Å². The van der Waals surface area contributed by atoms with Crippen LogP contribution in [-0.4, -0.2) is 97.1 Å². The van der Waals surface area contributed by atoms with Crippen LogP contribution in [0, 0.1) is 0 Å². The van der Waals surface area contributed by atoms with Gasteiger partial charge in [-0.2, -0.15) is 11.8 Å². The van der Waals surface area contributed by atoms with Gasteiger partial charge >= 0.3 is 17.9 Å². The van der Waals surface area contributed by atoms with Gasteiger partial charge < -0.3 is 42.0 Å². The second-order valence-electron chi connectivity index (χ2n) is 7.39. The van der Waals surface area contributed by atoms with E-state index in [9.17, 15) is 33.9 Å². The molecule has 9 N–H and O–H groups in total. The maximum Gasteiger partial charge on any atom is 0.326 e. The minimum atomic E-state index is -1.79. The zero-order chi connectivity index (χ0) is 26.5. The van der Waals surface area contributed by atoms with Gasteiger partial charge in [0, 0.05) is 18.3 Å². The average molecular weight is 517 g/mol. The second-order valence-corrected chi connectivity index (χ2v) is 8.37. The molecule has 0 aliphatic rings. The molecule has 35 heavy (non-hydrogen) atoms. The van der Waals surface area contributed by atoms with Crippen LogP contribution >= 0.6 is 11.8 Å². The number of H-pyrrole nitrogens is 1. The number of nitrogens with zero attached hydrogens (tertiary/aromatic N) is 1. The summed E-state index contributed by atoms with van der Waals surface area (Å²) in [5.41, 5.74) is 6.12. The monoisotopic (exact) mass is 516 g/mol. The van der Waals surface area contributed by atoms with Crippen LogP contribution in [0.15, 0.2) is 12.5 Å². The van der Waals surface area contributed by atoms with Crippen LogP contribution in [-0.2, 0) is 35.2 Å². The molecule has 0 aliphatic carbocycles. The fourth-order valence-corrected chi connectivity index (χ4v) is 3.27. The summed E-state index contributed by atoms with van der Waals surface area (Å²) >= 11 is 1.44. The molecule has 0 fully saturated rings. The molecular formula is C19H28N6O9S. The molecule has 0 spiro atoms. The van der Waals surface area contributed by atoms with Gasteiger partial charge in [-0.15, -0.1) is 0 Å². The summed E-state index contributed by atoms with van der Waals surface area (Å²) in [4.78, 5) is 77.9. The standard InChI is InChI=1S/C19H28N6O9S/c1-35-3-2-10(20)16(30)23-12(5-14(26)27)18(32)24-11(4-9-7-21-8-22-9)17(31)25-13(19(33)34)6-15(28)29/h7-8,10-13H,2-6,20H2,1H3,(H,21,22)(H,23,30)(H,24,32)(H,25,31)(H,26,27)(H,28,29)(H,33,34). The number of carboxylic acid groups (broad SMARTS) is 3. The third-order valence-electron chi connectivity index (χ3n) is 4.59. The number of nitrogens with one attached hydrogen (secondary N) is 4. The molecule has 16 heteroatoms. The van der Waals surface area contributed by atoms with Gasteiger partial charge in [0.15, 0.2) is 0 Å². The molecule has 0 saturated carbocycles. The highest BCUT2D eigenvalue weighted by molar-refractivity contribution is 7.98. The van der Waals surface area contributed by atoms with E-state index in [1.165, 1.54) is 24.3 Å². The van der Waals surface area contributed by atoms with Crippen molar-refractivity contribution in [2.24, 2.45) is 5.73 Å². The van der Waals surface area contributed by atoms with Gasteiger partial charge in [0.25, 0.3) is 0 Å². The molecule has 0 aliphatic heterocycles. The summed E-state index contributed by atoms with van der Waals surface area (Å²) in [5.74, 6) is -6.79. The molecule has 1 heterocycles. The van der Waals surface area contributed by atoms with E-state index in [2.05, 4.69) is 20.6 Å². The molecule has 0 bridgehead atoms. The summed E-state index contributed by atoms with van der Waals surface area (Å²) in [5, 5.41) is 33.8. The number of amides is 3. The number of aromatic nitrogens is 2. The van der Waals surface area contributed by atoms with E-state index in [1.807, 2.05) is 11.6 Å². The highest BCUT2D eigenvalue weighted by Crippen LogP contribution is 2.05. The number of hydrogen-bond acceptors (Lipinski definition) is 9. The number of aromatic amines is 1. The maximum absolute atomic E-state index is 12.8. The number of carbonyl (C=O) groups excluding carboxylic acids is 3. The average Bonchev–Trinajstić information content (AvgIpc) is 3.28. The van der Waals surface area contributed by atoms with Gasteiger partial charge in [0.2, 0.25) is 17.7 Å². The van der Waals surface area contributed by atoms with Gasteiger partial charge in [-0.1, -0.05) is 0 Å². The van der Waals surface area contributed by atoms with Crippen LogP contribution < -0.4 is 21.7 Å². The van der Waals surface area contributed by atoms with Gasteiger partial charge in [-0.25, -0.2) is 9.78 Å². The van der Waals surface area contributed by atoms with E-state index < -0.39 is 72.6 Å². The summed E-state index contributed by atoms with van der Waals surface area (Å²) in [7, 11) is 0. The van der Waals surface area contributed by atoms with E-state index in [4.69, 9.17) is 15.9 Å². The lowest BCUT2D eigenvalue weighted by Gasteiger charge is -2.24. The van der Waals surface area contributed by atoms with Crippen molar-refractivity contribution in [3.05, 3.63) is 18.2 Å². The Hall–Kier alpha value is -3.66. The lowest BCUT2D eigenvalue weighted by atomic mass is 10.1. The minimum Gasteiger partial charge on any atom is -0.481 e. The number of rotatable bonds is 16. The molecule has 1 rings (SSSR count). The van der Waals surface area contributed by atoms with Crippen LogP contribution in [0.4, 0.5) is 0 Å². The molecule has 4 atom stereocenters. The Balaban J connectivity index is 3.06. The molecule has 0 aromatic carbocycles. The lowest BCUT2D eigenvalue weighted by Crippen LogP contribution is -2.58. The molecule has 194 valence electrons. The van der Waals surface area contributed by atoms with Gasteiger partial charge in [0.05, 0.1) is 25.2 Å². The van der Waals surface area contributed by atoms with Gasteiger partial charge in [-0.3, -0.25) is 24.0 Å². The molecule has 0 radical (unpaired) electrons. The van der Waals surface area contributed by atoms with E-state index in [1.54, 1.807) is 0 Å². The third kappa shape index (κ3) is 10.9. The fraction of sp³-hybridized carbons (Fsp3) is 0.526. The number of thioether (sulfide) groups is 1. The smallest absolute Gasteiger partial charge is 0.326 e. The molecule has 3 amide bonds. The third-order valence-corrected chi connectivity index (χ3v) is 5.23. The first-order valence-electron chi connectivity index (χ1n) is 10.2. The number of aliphatic carboxylic acids is 3. The zero-order valence-corrected chi connectivity index (χ0v) is 19.5. The lowest BCUT2D eigenvalue weighted by molar-refractivity contribution is -0.147. The first-order valence-corrected chi connectivity index (χ1v) is 11.6. The van der Waals surface area contributed by atoms with Crippen molar-refractivity contribution in [2.75, 3.05) is 12.0 Å². The Bertz CT molecular complexity index is 911. The van der Waals surface area contributed by atoms with Crippen LogP contribution in [0.1, 0.15) is 25.0 Å². The van der Waals surface area contributed by atoms with Crippen molar-refractivity contribution >= 4 is 47.4 Å². The molecule has 1 aromatic heterocycles. The first-order chi connectivity index (χ1) is 16.4. The highest BCUT2D eigenvalue weighted by atomic mass is 32.2. The quantitative estimate of drug-likeness (QED) is 0.114. The first kappa shape index (κ1) is 29.4. The number of carbonyl (C=O) groups is 6. The van der Waals surface area contributed by atoms with Crippen LogP contribution in [0.5, 0.6) is 0 Å². The van der Waals surface area contributed by atoms with Crippen molar-refractivity contribution < 1.29 is 44.1 Å². The van der Waals surface area contributed by atoms with Gasteiger partial charge in [-0.05, 0) is 18.4 Å². The number of nitrogens with two attached hydrogens (primary N) is 1. The highest BCUT2D eigenvalue weighted by Gasteiger charge is 2.32. The molecule has 1 aromatic rings. The van der Waals surface area contributed by atoms with E-state index in [0.717, 1.165) is 0 Å². The van der Waals surface area contributed by atoms with E-state index >= 15 is 0 Å². The number of carboxylic acids is 3. The maximum atomic E-state index is 12.8. The van der Waals surface area contributed by atoms with Crippen molar-refractivity contribution in [3.63, 3.8) is 0 Å². The van der Waals surface area contributed by atoms with E-state index in [-0.39, 0.29) is 12.8 Å². The number of imidazole rings is 1. The molecule has 15 nitrogen and oxygen atoms in total. The fourth-order valence-electron chi connectivity index (χ4n) is 2.78. The molecule has 0 saturated heterocycles. The van der Waals surface area contributed by atoms with Crippen LogP contribution in [0.2, 0.25) is 0 Å². The van der Waals surface area contributed by atoms with Crippen molar-refractivity contribution in [1.82, 2.24) is 25.9 Å². The summed E-state index contributed by atoms with van der Waals surface area (Å²) < 4.78 is 0. The predicted octanol–water partition coefficient (Wildman–Crippen LogP) is -2.48. The van der Waals surface area contributed by atoms with Crippen LogP contribution in [0.25, 0.3) is 0 Å². The second kappa shape index (κ2) is 14.6. The van der Waals surface area contributed by atoms with Crippen molar-refractivity contribution in [1.29, 1.82) is 0 Å². The Morgan fingerprint density at radius 3 is 2.00 bits per heavy atom. The predicted molar refractivity (Wildman–Crippen MR) is 121 cm³/mol. The minimum absolute atomic E-state index is 0.224. The van der Waals surface area contributed by atoms with E-state index in [0.29, 0.717) is 11.4 Å². The van der Waals surface area contributed by atoms with Gasteiger partial charge in [0.1, 0.15) is 18.1 Å².